The van der Waals surface area contributed by atoms with Crippen LogP contribution in [-0.2, 0) is 9.84 Å². The van der Waals surface area contributed by atoms with Crippen molar-refractivity contribution in [2.45, 2.75) is 4.90 Å². The van der Waals surface area contributed by atoms with Crippen LogP contribution in [0.4, 0.5) is 0 Å². The maximum atomic E-state index is 11.2. The first-order valence-electron chi connectivity index (χ1n) is 4.09. The molecule has 0 saturated heterocycles. The Morgan fingerprint density at radius 3 is 2.47 bits per heavy atom. The molecule has 0 saturated carbocycles. The summed E-state index contributed by atoms with van der Waals surface area (Å²) in [5.74, 6) is -0.281. The summed E-state index contributed by atoms with van der Waals surface area (Å²) in [6.45, 7) is -0.130. The summed E-state index contributed by atoms with van der Waals surface area (Å²) in [4.78, 5) is 11.2. The van der Waals surface area contributed by atoms with Crippen LogP contribution < -0.4 is 5.73 Å². The molecule has 0 fully saturated rings. The van der Waals surface area contributed by atoms with Crippen LogP contribution in [0.2, 0.25) is 5.02 Å². The van der Waals surface area contributed by atoms with Gasteiger partial charge in [-0.15, -0.1) is 0 Å². The summed E-state index contributed by atoms with van der Waals surface area (Å²) in [5, 5.41) is 0.0387. The Hall–Kier alpha value is -0.910. The lowest BCUT2D eigenvalue weighted by molar-refractivity contribution is 0.100. The quantitative estimate of drug-likeness (QED) is 0.805. The molecule has 0 bridgehead atoms. The van der Waals surface area contributed by atoms with Gasteiger partial charge in [0.05, 0.1) is 16.5 Å². The van der Waals surface area contributed by atoms with Gasteiger partial charge in [0.15, 0.2) is 15.6 Å². The molecular weight excluding hydrogens is 238 g/mol. The summed E-state index contributed by atoms with van der Waals surface area (Å²) in [5.41, 5.74) is 5.48. The predicted molar refractivity (Wildman–Crippen MR) is 57.9 cm³/mol. The molecule has 82 valence electrons. The number of hydrogen-bond donors (Lipinski definition) is 1. The van der Waals surface area contributed by atoms with E-state index in [1.54, 1.807) is 0 Å². The summed E-state index contributed by atoms with van der Waals surface area (Å²) >= 11 is 5.74. The van der Waals surface area contributed by atoms with Crippen LogP contribution in [0.5, 0.6) is 0 Å². The van der Waals surface area contributed by atoms with E-state index in [0.29, 0.717) is 5.56 Å². The van der Waals surface area contributed by atoms with Crippen LogP contribution in [0.25, 0.3) is 0 Å². The van der Waals surface area contributed by atoms with E-state index in [-0.39, 0.29) is 22.2 Å². The fourth-order valence-corrected chi connectivity index (χ4v) is 2.42. The lowest BCUT2D eigenvalue weighted by Gasteiger charge is -2.03. The number of rotatable bonds is 3. The average Bonchev–Trinajstić information content (AvgIpc) is 2.14. The summed E-state index contributed by atoms with van der Waals surface area (Å²) < 4.78 is 22.4. The monoisotopic (exact) mass is 247 g/mol. The molecule has 0 heterocycles. The third kappa shape index (κ3) is 2.77. The van der Waals surface area contributed by atoms with E-state index < -0.39 is 9.84 Å². The maximum Gasteiger partial charge on any atom is 0.176 e. The van der Waals surface area contributed by atoms with Crippen molar-refractivity contribution >= 4 is 27.2 Å². The minimum Gasteiger partial charge on any atom is -0.324 e. The Labute approximate surface area is 93.0 Å². The number of carbonyl (C=O) groups excluding carboxylic acids is 1. The van der Waals surface area contributed by atoms with Crippen molar-refractivity contribution in [3.63, 3.8) is 0 Å². The number of nitrogens with two attached hydrogens (primary N) is 1. The molecule has 0 aliphatic heterocycles. The molecule has 0 unspecified atom stereocenters. The number of sulfone groups is 1. The van der Waals surface area contributed by atoms with E-state index in [2.05, 4.69) is 0 Å². The number of carbonyl (C=O) groups is 1. The van der Waals surface area contributed by atoms with Crippen LogP contribution >= 0.6 is 11.6 Å². The van der Waals surface area contributed by atoms with Gasteiger partial charge in [0.1, 0.15) is 0 Å². The van der Waals surface area contributed by atoms with Gasteiger partial charge in [-0.2, -0.15) is 0 Å². The molecule has 6 heteroatoms. The molecule has 15 heavy (non-hydrogen) atoms. The van der Waals surface area contributed by atoms with Gasteiger partial charge in [-0.1, -0.05) is 11.6 Å². The van der Waals surface area contributed by atoms with Gasteiger partial charge < -0.3 is 5.73 Å². The van der Waals surface area contributed by atoms with Gasteiger partial charge in [-0.05, 0) is 18.2 Å². The maximum absolute atomic E-state index is 11.2. The Bertz CT molecular complexity index is 496. The van der Waals surface area contributed by atoms with E-state index in [1.165, 1.54) is 18.2 Å². The Balaban J connectivity index is 3.27. The number of halogens is 1. The summed E-state index contributed by atoms with van der Waals surface area (Å²) in [6.07, 6.45) is 1.05. The fourth-order valence-electron chi connectivity index (χ4n) is 1.09. The van der Waals surface area contributed by atoms with Crippen molar-refractivity contribution < 1.29 is 13.2 Å². The van der Waals surface area contributed by atoms with Crippen LogP contribution in [0, 0.1) is 0 Å². The van der Waals surface area contributed by atoms with Gasteiger partial charge in [-0.25, -0.2) is 8.42 Å². The molecule has 2 N–H and O–H groups in total. The lowest BCUT2D eigenvalue weighted by atomic mass is 10.1. The molecule has 0 aliphatic carbocycles. The van der Waals surface area contributed by atoms with Gasteiger partial charge in [-0.3, -0.25) is 4.79 Å². The summed E-state index contributed by atoms with van der Waals surface area (Å²) in [6, 6.07) is 4.02. The van der Waals surface area contributed by atoms with Crippen LogP contribution in [-0.4, -0.2) is 27.0 Å². The molecule has 0 spiro atoms. The van der Waals surface area contributed by atoms with Crippen molar-refractivity contribution in [3.8, 4) is 0 Å². The predicted octanol–water partition coefficient (Wildman–Crippen LogP) is 0.885. The second-order valence-corrected chi connectivity index (χ2v) is 5.44. The van der Waals surface area contributed by atoms with Crippen LogP contribution in [0.1, 0.15) is 10.4 Å². The zero-order valence-electron chi connectivity index (χ0n) is 8.03. The first-order chi connectivity index (χ1) is 6.86. The highest BCUT2D eigenvalue weighted by atomic mass is 35.5. The molecule has 0 radical (unpaired) electrons. The van der Waals surface area contributed by atoms with E-state index in [1.807, 2.05) is 0 Å². The molecule has 0 atom stereocenters. The smallest absolute Gasteiger partial charge is 0.176 e. The molecular formula is C9H10ClNO3S. The Morgan fingerprint density at radius 1 is 1.47 bits per heavy atom. The molecule has 1 aromatic carbocycles. The minimum atomic E-state index is -3.36. The van der Waals surface area contributed by atoms with Crippen molar-refractivity contribution in [1.82, 2.24) is 0 Å². The highest BCUT2D eigenvalue weighted by Gasteiger charge is 2.14. The van der Waals surface area contributed by atoms with Gasteiger partial charge in [0.25, 0.3) is 0 Å². The van der Waals surface area contributed by atoms with Crippen LogP contribution in [0.15, 0.2) is 23.1 Å². The summed E-state index contributed by atoms with van der Waals surface area (Å²) in [7, 11) is -3.36. The van der Waals surface area contributed by atoms with Crippen LogP contribution in [0.3, 0.4) is 0 Å². The van der Waals surface area contributed by atoms with Crippen molar-refractivity contribution in [2.24, 2.45) is 5.73 Å². The largest absolute Gasteiger partial charge is 0.324 e. The first-order valence-corrected chi connectivity index (χ1v) is 6.36. The normalized spacial score (nSPS) is 11.4. The van der Waals surface area contributed by atoms with E-state index >= 15 is 0 Å². The minimum absolute atomic E-state index is 0.0118. The van der Waals surface area contributed by atoms with Gasteiger partial charge in [0.2, 0.25) is 0 Å². The first kappa shape index (κ1) is 12.2. The third-order valence-electron chi connectivity index (χ3n) is 1.84. The van der Waals surface area contributed by atoms with E-state index in [9.17, 15) is 13.2 Å². The molecule has 4 nitrogen and oxygen atoms in total. The molecule has 0 aliphatic rings. The van der Waals surface area contributed by atoms with Crippen molar-refractivity contribution in [3.05, 3.63) is 28.8 Å². The second-order valence-electron chi connectivity index (χ2n) is 3.04. The number of ketones is 1. The number of Topliss-reactive ketones (excluding diaryl/α,β-unsaturated/α-hetero) is 1. The van der Waals surface area contributed by atoms with Gasteiger partial charge >= 0.3 is 0 Å². The van der Waals surface area contributed by atoms with Crippen molar-refractivity contribution in [2.75, 3.05) is 12.8 Å². The zero-order chi connectivity index (χ0) is 11.6. The van der Waals surface area contributed by atoms with E-state index in [4.69, 9.17) is 17.3 Å². The standard InChI is InChI=1S/C9H10ClNO3S/c1-15(13,14)9-3-2-6(4-7(9)10)8(12)5-11/h2-4H,5,11H2,1H3. The van der Waals surface area contributed by atoms with E-state index in [0.717, 1.165) is 6.26 Å². The molecule has 1 aromatic rings. The number of benzene rings is 1. The highest BCUT2D eigenvalue weighted by Crippen LogP contribution is 2.22. The Kier molecular flexibility index (Phi) is 3.49. The Morgan fingerprint density at radius 2 is 2.07 bits per heavy atom. The number of hydrogen-bond acceptors (Lipinski definition) is 4. The lowest BCUT2D eigenvalue weighted by Crippen LogP contribution is -2.13. The highest BCUT2D eigenvalue weighted by molar-refractivity contribution is 7.90. The SMILES string of the molecule is CS(=O)(=O)c1ccc(C(=O)CN)cc1Cl. The third-order valence-corrected chi connectivity index (χ3v) is 3.42. The average molecular weight is 248 g/mol. The van der Waals surface area contributed by atoms with Crippen molar-refractivity contribution in [1.29, 1.82) is 0 Å². The molecule has 1 rings (SSSR count). The molecule has 0 aromatic heterocycles. The fraction of sp³-hybridized carbons (Fsp3) is 0.222. The second kappa shape index (κ2) is 4.30. The molecule has 0 amide bonds. The van der Waals surface area contributed by atoms with Gasteiger partial charge in [0, 0.05) is 11.8 Å². The zero-order valence-corrected chi connectivity index (χ0v) is 9.60. The topological polar surface area (TPSA) is 77.2 Å².